The molecule has 1 saturated heterocycles. The lowest BCUT2D eigenvalue weighted by molar-refractivity contribution is 0.122. The molecule has 0 saturated carbocycles. The van der Waals surface area contributed by atoms with Crippen LogP contribution < -0.4 is 15.0 Å². The molecule has 4 aromatic rings. The minimum absolute atomic E-state index is 0.119. The van der Waals surface area contributed by atoms with E-state index in [2.05, 4.69) is 10.3 Å². The smallest absolute Gasteiger partial charge is 0.229 e. The number of rotatable bonds is 6. The van der Waals surface area contributed by atoms with E-state index >= 15 is 4.39 Å². The Morgan fingerprint density at radius 1 is 1.03 bits per heavy atom. The first-order chi connectivity index (χ1) is 16.5. The first-order valence-corrected chi connectivity index (χ1v) is 11.5. The lowest BCUT2D eigenvalue weighted by Crippen LogP contribution is -2.36. The second-order valence-corrected chi connectivity index (χ2v) is 8.62. The molecule has 0 unspecified atom stereocenters. The number of nitrogens with zero attached hydrogens (tertiary/aromatic N) is 4. The zero-order valence-corrected chi connectivity index (χ0v) is 19.6. The SMILES string of the molecule is Cc1c(-n2ccc3cnc(Nc4ccc(OC(C)C)cc4)nc32)ccc(N2CCOCC2)c1F. The van der Waals surface area contributed by atoms with Crippen molar-refractivity contribution in [3.63, 3.8) is 0 Å². The fraction of sp³-hybridized carbons (Fsp3) is 0.308. The highest BCUT2D eigenvalue weighted by Crippen LogP contribution is 2.30. The zero-order valence-electron chi connectivity index (χ0n) is 19.6. The summed E-state index contributed by atoms with van der Waals surface area (Å²) in [4.78, 5) is 11.2. The fourth-order valence-electron chi connectivity index (χ4n) is 4.16. The molecule has 1 N–H and O–H groups in total. The molecule has 0 aliphatic carbocycles. The minimum Gasteiger partial charge on any atom is -0.491 e. The summed E-state index contributed by atoms with van der Waals surface area (Å²) in [5, 5.41) is 4.12. The van der Waals surface area contributed by atoms with Crippen LogP contribution in [0.15, 0.2) is 54.9 Å². The number of hydrogen-bond donors (Lipinski definition) is 1. The van der Waals surface area contributed by atoms with Crippen molar-refractivity contribution in [2.24, 2.45) is 0 Å². The number of halogens is 1. The second kappa shape index (κ2) is 9.30. The van der Waals surface area contributed by atoms with Gasteiger partial charge in [-0.2, -0.15) is 4.98 Å². The number of benzene rings is 2. The van der Waals surface area contributed by atoms with Crippen molar-refractivity contribution in [1.29, 1.82) is 0 Å². The van der Waals surface area contributed by atoms with Gasteiger partial charge in [-0.25, -0.2) is 9.37 Å². The van der Waals surface area contributed by atoms with Crippen LogP contribution in [0.2, 0.25) is 0 Å². The number of fused-ring (bicyclic) bond motifs is 1. The van der Waals surface area contributed by atoms with Gasteiger partial charge in [-0.1, -0.05) is 0 Å². The summed E-state index contributed by atoms with van der Waals surface area (Å²) in [6.07, 6.45) is 3.79. The van der Waals surface area contributed by atoms with Crippen molar-refractivity contribution >= 4 is 28.4 Å². The van der Waals surface area contributed by atoms with Gasteiger partial charge in [0.05, 0.1) is 30.7 Å². The molecule has 0 radical (unpaired) electrons. The molecule has 3 heterocycles. The van der Waals surface area contributed by atoms with Crippen LogP contribution in [0.5, 0.6) is 5.75 Å². The van der Waals surface area contributed by atoms with E-state index in [9.17, 15) is 0 Å². The summed E-state index contributed by atoms with van der Waals surface area (Å²) in [7, 11) is 0. The van der Waals surface area contributed by atoms with Gasteiger partial charge in [-0.05, 0) is 63.2 Å². The van der Waals surface area contributed by atoms with E-state index in [0.717, 1.165) is 22.5 Å². The highest BCUT2D eigenvalue weighted by Gasteiger charge is 2.19. The highest BCUT2D eigenvalue weighted by atomic mass is 19.1. The molecule has 176 valence electrons. The molecule has 2 aromatic carbocycles. The van der Waals surface area contributed by atoms with Gasteiger partial charge < -0.3 is 24.3 Å². The number of anilines is 3. The summed E-state index contributed by atoms with van der Waals surface area (Å²) < 4.78 is 28.4. The number of aromatic nitrogens is 3. The Hall–Kier alpha value is -3.65. The van der Waals surface area contributed by atoms with Crippen LogP contribution in [0, 0.1) is 12.7 Å². The van der Waals surface area contributed by atoms with Crippen LogP contribution in [-0.2, 0) is 4.74 Å². The third kappa shape index (κ3) is 4.41. The standard InChI is InChI=1S/C26H28FN5O2/c1-17(2)34-21-6-4-20(5-7-21)29-26-28-16-19-10-11-32(25(19)30-26)22-8-9-23(24(27)18(22)3)31-12-14-33-15-13-31/h4-11,16-17H,12-15H2,1-3H3,(H,28,29,30). The molecule has 34 heavy (non-hydrogen) atoms. The van der Waals surface area contributed by atoms with Gasteiger partial charge in [-0.15, -0.1) is 0 Å². The summed E-state index contributed by atoms with van der Waals surface area (Å²) in [5.41, 5.74) is 3.51. The number of nitrogens with one attached hydrogen (secondary N) is 1. The molecule has 0 bridgehead atoms. The number of ether oxygens (including phenoxy) is 2. The molecule has 1 fully saturated rings. The summed E-state index contributed by atoms with van der Waals surface area (Å²) in [6, 6.07) is 13.4. The highest BCUT2D eigenvalue weighted by molar-refractivity contribution is 5.79. The minimum atomic E-state index is -0.211. The molecule has 0 amide bonds. The average Bonchev–Trinajstić information content (AvgIpc) is 3.25. The third-order valence-electron chi connectivity index (χ3n) is 5.86. The van der Waals surface area contributed by atoms with Crippen molar-refractivity contribution in [3.8, 4) is 11.4 Å². The number of hydrogen-bond acceptors (Lipinski definition) is 6. The second-order valence-electron chi connectivity index (χ2n) is 8.62. The van der Waals surface area contributed by atoms with Gasteiger partial charge in [0.25, 0.3) is 0 Å². The molecule has 7 nitrogen and oxygen atoms in total. The van der Waals surface area contributed by atoms with Gasteiger partial charge >= 0.3 is 0 Å². The van der Waals surface area contributed by atoms with Crippen LogP contribution in [0.4, 0.5) is 21.7 Å². The zero-order chi connectivity index (χ0) is 23.7. The van der Waals surface area contributed by atoms with Crippen LogP contribution in [0.25, 0.3) is 16.7 Å². The maximum Gasteiger partial charge on any atom is 0.229 e. The maximum absolute atomic E-state index is 15.4. The Morgan fingerprint density at radius 3 is 2.50 bits per heavy atom. The van der Waals surface area contributed by atoms with E-state index in [4.69, 9.17) is 14.5 Å². The topological polar surface area (TPSA) is 64.4 Å². The van der Waals surface area contributed by atoms with Crippen molar-refractivity contribution < 1.29 is 13.9 Å². The van der Waals surface area contributed by atoms with Crippen molar-refractivity contribution in [1.82, 2.24) is 14.5 Å². The first kappa shape index (κ1) is 22.2. The summed E-state index contributed by atoms with van der Waals surface area (Å²) >= 11 is 0. The molecule has 0 atom stereocenters. The van der Waals surface area contributed by atoms with Crippen molar-refractivity contribution in [2.45, 2.75) is 26.9 Å². The number of morpholine rings is 1. The largest absolute Gasteiger partial charge is 0.491 e. The molecule has 8 heteroatoms. The normalized spacial score (nSPS) is 14.1. The molecule has 1 aliphatic heterocycles. The molecular weight excluding hydrogens is 433 g/mol. The van der Waals surface area contributed by atoms with Crippen LogP contribution in [-0.4, -0.2) is 46.9 Å². The molecule has 1 aliphatic rings. The predicted octanol–water partition coefficient (Wildman–Crippen LogP) is 5.24. The van der Waals surface area contributed by atoms with E-state index in [1.165, 1.54) is 0 Å². The molecule has 2 aromatic heterocycles. The fourth-order valence-corrected chi connectivity index (χ4v) is 4.16. The molecule has 0 spiro atoms. The van der Waals surface area contributed by atoms with E-state index in [1.54, 1.807) is 6.20 Å². The molecular formula is C26H28FN5O2. The van der Waals surface area contributed by atoms with Crippen molar-refractivity contribution in [2.75, 3.05) is 36.5 Å². The Balaban J connectivity index is 1.43. The Kier molecular flexibility index (Phi) is 6.06. The third-order valence-corrected chi connectivity index (χ3v) is 5.86. The van der Waals surface area contributed by atoms with E-state index in [-0.39, 0.29) is 11.9 Å². The van der Waals surface area contributed by atoms with Gasteiger partial charge in [-0.3, -0.25) is 0 Å². The van der Waals surface area contributed by atoms with Crippen LogP contribution >= 0.6 is 0 Å². The first-order valence-electron chi connectivity index (χ1n) is 11.5. The lowest BCUT2D eigenvalue weighted by Gasteiger charge is -2.30. The summed E-state index contributed by atoms with van der Waals surface area (Å²) in [6.45, 7) is 8.40. The van der Waals surface area contributed by atoms with Crippen molar-refractivity contribution in [3.05, 3.63) is 66.2 Å². The monoisotopic (exact) mass is 461 g/mol. The van der Waals surface area contributed by atoms with Crippen LogP contribution in [0.3, 0.4) is 0 Å². The van der Waals surface area contributed by atoms with E-state index < -0.39 is 0 Å². The van der Waals surface area contributed by atoms with E-state index in [1.807, 2.05) is 78.9 Å². The van der Waals surface area contributed by atoms with Crippen LogP contribution in [0.1, 0.15) is 19.4 Å². The average molecular weight is 462 g/mol. The molecule has 5 rings (SSSR count). The van der Waals surface area contributed by atoms with Gasteiger partial charge in [0.1, 0.15) is 11.4 Å². The Labute approximate surface area is 198 Å². The predicted molar refractivity (Wildman–Crippen MR) is 132 cm³/mol. The van der Waals surface area contributed by atoms with E-state index in [0.29, 0.717) is 49.1 Å². The Bertz CT molecular complexity index is 1300. The van der Waals surface area contributed by atoms with Gasteiger partial charge in [0.2, 0.25) is 5.95 Å². The summed E-state index contributed by atoms with van der Waals surface area (Å²) in [5.74, 6) is 1.06. The Morgan fingerprint density at radius 2 is 1.76 bits per heavy atom. The lowest BCUT2D eigenvalue weighted by atomic mass is 10.1. The maximum atomic E-state index is 15.4. The van der Waals surface area contributed by atoms with Gasteiger partial charge in [0, 0.05) is 42.1 Å². The quantitative estimate of drug-likeness (QED) is 0.424. The van der Waals surface area contributed by atoms with Gasteiger partial charge in [0.15, 0.2) is 5.82 Å².